The van der Waals surface area contributed by atoms with E-state index in [-0.39, 0.29) is 41.9 Å². The molecular weight excluding hydrogens is 624 g/mol. The van der Waals surface area contributed by atoms with Gasteiger partial charge in [-0.3, -0.25) is 0 Å². The quantitative estimate of drug-likeness (QED) is 0.0888. The molecule has 0 spiro atoms. The van der Waals surface area contributed by atoms with Crippen LogP contribution in [0.15, 0.2) is 0 Å². The molecule has 0 amide bonds. The molecule has 0 aromatic heterocycles. The van der Waals surface area contributed by atoms with Gasteiger partial charge in [0.1, 0.15) is 0 Å². The molecule has 0 aromatic rings. The Kier molecular flexibility index (Phi) is 17.3. The van der Waals surface area contributed by atoms with Crippen molar-refractivity contribution in [1.29, 1.82) is 0 Å². The van der Waals surface area contributed by atoms with Gasteiger partial charge in [0.2, 0.25) is 0 Å². The van der Waals surface area contributed by atoms with E-state index in [9.17, 15) is 27.4 Å². The number of rotatable bonds is 0. The van der Waals surface area contributed by atoms with E-state index < -0.39 is 54.8 Å². The van der Waals surface area contributed by atoms with Crippen LogP contribution in [0.4, 0.5) is 0 Å². The molecule has 24 nitrogen and oxygen atoms in total. The Morgan fingerprint density at radius 1 is 0.469 bits per heavy atom. The van der Waals surface area contributed by atoms with Crippen LogP contribution < -0.4 is 29.6 Å². The van der Waals surface area contributed by atoms with Gasteiger partial charge < -0.3 is 56.4 Å². The molecule has 0 bridgehead atoms. The van der Waals surface area contributed by atoms with Crippen molar-refractivity contribution < 1.29 is 144 Å². The molecule has 194 valence electrons. The number of hydrogen-bond donors (Lipinski definition) is 9. The Labute approximate surface area is 198 Å². The predicted molar refractivity (Wildman–Crippen MR) is 88.1 cm³/mol. The van der Waals surface area contributed by atoms with E-state index in [1.54, 1.807) is 0 Å². The first-order valence-corrected chi connectivity index (χ1v) is 15.8. The zero-order valence-corrected chi connectivity index (χ0v) is 22.7. The van der Waals surface area contributed by atoms with Crippen molar-refractivity contribution in [2.45, 2.75) is 0 Å². The molecule has 0 aromatic carbocycles. The Morgan fingerprint density at radius 3 is 0.594 bits per heavy atom. The van der Waals surface area contributed by atoms with Crippen LogP contribution in [0.3, 0.4) is 0 Å². The molecule has 0 radical (unpaired) electrons. The molecule has 0 unspecified atom stereocenters. The molecule has 0 saturated carbocycles. The van der Waals surface area contributed by atoms with Crippen molar-refractivity contribution >= 4 is 54.8 Å². The fraction of sp³-hybridized carbons (Fsp3) is 0. The summed E-state index contributed by atoms with van der Waals surface area (Å²) in [5.74, 6) is 0. The summed E-state index contributed by atoms with van der Waals surface area (Å²) in [5.41, 5.74) is 0. The molecule has 0 atom stereocenters. The third-order valence-corrected chi connectivity index (χ3v) is 11.1. The second kappa shape index (κ2) is 13.5. The minimum absolute atomic E-state index is 0. The molecule has 1 heterocycles. The molecule has 1 saturated heterocycles. The maximum absolute atomic E-state index is 11.2. The van der Waals surface area contributed by atoms with Crippen molar-refractivity contribution in [3.8, 4) is 0 Å². The standard InChI is InChI=1S/Na.H6O18P6.H3O4P.2H2O.H/c;1-19(2)13-20(3,4)15-22(7,8)17-24(11,12)18-23(9,10)16-21(5,6)14-19;1-5(2,3)4;;;/h;(H,1,2)(H,3,4)(H,5,6)(H,7,8)(H,9,10)(H,11,12);(H3,1,2,3,4);2*1H2;/q+1;;;;;-1. The van der Waals surface area contributed by atoms with Crippen molar-refractivity contribution in [3.05, 3.63) is 0 Å². The van der Waals surface area contributed by atoms with Crippen LogP contribution in [0.25, 0.3) is 0 Å². The van der Waals surface area contributed by atoms with Crippen LogP contribution >= 0.6 is 54.8 Å². The van der Waals surface area contributed by atoms with Gasteiger partial charge in [-0.15, -0.1) is 0 Å². The van der Waals surface area contributed by atoms with Gasteiger partial charge in [-0.2, -0.15) is 25.9 Å². The topological polar surface area (TPSA) is 420 Å². The molecular formula is H14NaO24P7. The van der Waals surface area contributed by atoms with Gasteiger partial charge in [0, 0.05) is 0 Å². The second-order valence-corrected chi connectivity index (χ2v) is 14.4. The molecule has 32 heteroatoms. The summed E-state index contributed by atoms with van der Waals surface area (Å²) < 4.78 is 95.8. The van der Waals surface area contributed by atoms with E-state index in [0.29, 0.717) is 0 Å². The predicted octanol–water partition coefficient (Wildman–Crippen LogP) is -4.76. The summed E-state index contributed by atoms with van der Waals surface area (Å²) in [6, 6.07) is 0. The van der Waals surface area contributed by atoms with Gasteiger partial charge >= 0.3 is 84.3 Å². The van der Waals surface area contributed by atoms with Crippen molar-refractivity contribution in [1.82, 2.24) is 0 Å². The summed E-state index contributed by atoms with van der Waals surface area (Å²) >= 11 is 0. The first kappa shape index (κ1) is 41.1. The maximum Gasteiger partial charge on any atom is 1.00 e. The first-order valence-electron chi connectivity index (χ1n) is 5.27. The molecule has 1 fully saturated rings. The molecule has 1 aliphatic heterocycles. The van der Waals surface area contributed by atoms with Gasteiger partial charge in [-0.25, -0.2) is 32.0 Å². The Bertz CT molecular complexity index is 724. The van der Waals surface area contributed by atoms with Crippen LogP contribution in [0.2, 0.25) is 0 Å². The van der Waals surface area contributed by atoms with Crippen molar-refractivity contribution in [2.24, 2.45) is 0 Å². The summed E-state index contributed by atoms with van der Waals surface area (Å²) in [4.78, 5) is 75.1. The monoisotopic (exact) mass is 638 g/mol. The van der Waals surface area contributed by atoms with E-state index in [2.05, 4.69) is 25.9 Å². The van der Waals surface area contributed by atoms with E-state index in [0.717, 1.165) is 0 Å². The molecule has 1 aliphatic rings. The molecule has 13 N–H and O–H groups in total. The second-order valence-electron chi connectivity index (χ2n) is 3.81. The normalized spacial score (nSPS) is 43.3. The van der Waals surface area contributed by atoms with Gasteiger partial charge in [-0.1, -0.05) is 0 Å². The van der Waals surface area contributed by atoms with Gasteiger partial charge in [0.05, 0.1) is 0 Å². The Balaban J connectivity index is -0.000000262. The minimum Gasteiger partial charge on any atom is -1.00 e. The van der Waals surface area contributed by atoms with Crippen molar-refractivity contribution in [2.75, 3.05) is 0 Å². The molecule has 0 aliphatic carbocycles. The summed E-state index contributed by atoms with van der Waals surface area (Å²) in [6.07, 6.45) is 0. The van der Waals surface area contributed by atoms with Crippen LogP contribution in [0.1, 0.15) is 1.43 Å². The summed E-state index contributed by atoms with van der Waals surface area (Å²) in [6.45, 7) is 0. The average molecular weight is 638 g/mol. The zero-order valence-electron chi connectivity index (χ0n) is 15.5. The van der Waals surface area contributed by atoms with E-state index >= 15 is 0 Å². The first-order chi connectivity index (χ1) is 12.2. The zero-order chi connectivity index (χ0) is 23.7. The minimum atomic E-state index is -6.11. The molecule has 32 heavy (non-hydrogen) atoms. The van der Waals surface area contributed by atoms with Gasteiger partial charge in [0.25, 0.3) is 0 Å². The van der Waals surface area contributed by atoms with E-state index in [1.807, 2.05) is 0 Å². The van der Waals surface area contributed by atoms with Gasteiger partial charge in [0.15, 0.2) is 0 Å². The largest absolute Gasteiger partial charge is 1.00 e. The van der Waals surface area contributed by atoms with Crippen LogP contribution in [-0.2, 0) is 57.8 Å². The Morgan fingerprint density at radius 2 is 0.531 bits per heavy atom. The summed E-state index contributed by atoms with van der Waals surface area (Å²) in [5, 5.41) is 0. The van der Waals surface area contributed by atoms with Gasteiger partial charge in [-0.05, 0) is 0 Å². The van der Waals surface area contributed by atoms with Crippen molar-refractivity contribution in [3.63, 3.8) is 0 Å². The number of hydrogen-bond acceptors (Lipinski definition) is 13. The van der Waals surface area contributed by atoms with Crippen LogP contribution in [-0.4, -0.2) is 55.0 Å². The fourth-order valence-corrected chi connectivity index (χ4v) is 9.46. The summed E-state index contributed by atoms with van der Waals surface area (Å²) in [7, 11) is -41.3. The smallest absolute Gasteiger partial charge is 1.00 e. The molecule has 1 rings (SSSR count). The Hall–Kier alpha value is 1.93. The van der Waals surface area contributed by atoms with Crippen LogP contribution in [0.5, 0.6) is 0 Å². The fourth-order valence-electron chi connectivity index (χ4n) is 0.872. The van der Waals surface area contributed by atoms with E-state index in [1.165, 1.54) is 0 Å². The third-order valence-electron chi connectivity index (χ3n) is 1.24. The van der Waals surface area contributed by atoms with E-state index in [4.69, 9.17) is 48.6 Å². The average Bonchev–Trinajstić information content (AvgIpc) is 2.10. The third kappa shape index (κ3) is 21.2. The maximum atomic E-state index is 11.2. The van der Waals surface area contributed by atoms with Crippen LogP contribution in [0, 0.1) is 0 Å². The number of phosphoric acid groups is 7. The SMILES string of the molecule is O.O.O=P(O)(O)O.O=P1(O)OP(=O)(O)OP(=O)(O)OP(=O)(O)OP(=O)(O)OP(=O)(O)O1.[H-].[Na+].